The number of carbonyl (C=O) groups excluding carboxylic acids is 1. The lowest BCUT2D eigenvalue weighted by Gasteiger charge is -2.03. The molecular weight excluding hydrogens is 187 g/mol. The lowest BCUT2D eigenvalue weighted by atomic mass is 10.1. The summed E-state index contributed by atoms with van der Waals surface area (Å²) < 4.78 is 17.4. The van der Waals surface area contributed by atoms with Crippen molar-refractivity contribution in [3.63, 3.8) is 0 Å². The molecule has 14 heavy (non-hydrogen) atoms. The number of esters is 1. The number of ether oxygens (including phenoxy) is 1. The molecule has 0 saturated carbocycles. The quantitative estimate of drug-likeness (QED) is 0.535. The van der Waals surface area contributed by atoms with Crippen molar-refractivity contribution in [2.75, 3.05) is 12.8 Å². The molecule has 0 amide bonds. The number of halogens is 1. The Kier molecular flexibility index (Phi) is 2.67. The number of nitrogens with two attached hydrogens (primary N) is 1. The first-order valence-corrected chi connectivity index (χ1v) is 3.67. The molecule has 0 spiro atoms. The third kappa shape index (κ3) is 1.64. The Morgan fingerprint density at radius 3 is 2.79 bits per heavy atom. The number of nitrogens with zero attached hydrogens (tertiary/aromatic N) is 1. The van der Waals surface area contributed by atoms with Crippen LogP contribution in [0.2, 0.25) is 0 Å². The molecule has 0 aliphatic carbocycles. The topological polar surface area (TPSA) is 76.1 Å². The van der Waals surface area contributed by atoms with E-state index in [1.807, 2.05) is 0 Å². The first kappa shape index (κ1) is 9.99. The molecule has 1 aromatic carbocycles. The fraction of sp³-hybridized carbons (Fsp3) is 0.111. The number of nitriles is 1. The summed E-state index contributed by atoms with van der Waals surface area (Å²) >= 11 is 0. The third-order valence-corrected chi connectivity index (χ3v) is 1.66. The maximum absolute atomic E-state index is 13.1. The van der Waals surface area contributed by atoms with Crippen molar-refractivity contribution in [1.82, 2.24) is 0 Å². The third-order valence-electron chi connectivity index (χ3n) is 1.66. The molecular formula is C9H7FN2O2. The maximum atomic E-state index is 13.1. The van der Waals surface area contributed by atoms with Crippen LogP contribution in [0.5, 0.6) is 0 Å². The van der Waals surface area contributed by atoms with Crippen molar-refractivity contribution in [3.05, 3.63) is 29.1 Å². The lowest BCUT2D eigenvalue weighted by Crippen LogP contribution is -2.06. The van der Waals surface area contributed by atoms with E-state index >= 15 is 0 Å². The second-order valence-corrected chi connectivity index (χ2v) is 2.52. The minimum Gasteiger partial charge on any atom is -0.465 e. The van der Waals surface area contributed by atoms with Crippen LogP contribution >= 0.6 is 0 Å². The van der Waals surface area contributed by atoms with Gasteiger partial charge in [-0.25, -0.2) is 9.18 Å². The van der Waals surface area contributed by atoms with Gasteiger partial charge in [0.05, 0.1) is 23.9 Å². The van der Waals surface area contributed by atoms with Gasteiger partial charge in [0.15, 0.2) is 0 Å². The van der Waals surface area contributed by atoms with Gasteiger partial charge in [0.2, 0.25) is 0 Å². The first-order chi connectivity index (χ1) is 6.60. The van der Waals surface area contributed by atoms with Crippen LogP contribution in [0, 0.1) is 17.1 Å². The zero-order valence-electron chi connectivity index (χ0n) is 7.37. The summed E-state index contributed by atoms with van der Waals surface area (Å²) in [5.74, 6) is -1.63. The van der Waals surface area contributed by atoms with Crippen molar-refractivity contribution in [3.8, 4) is 6.07 Å². The Morgan fingerprint density at radius 2 is 2.29 bits per heavy atom. The molecule has 5 heteroatoms. The summed E-state index contributed by atoms with van der Waals surface area (Å²) in [7, 11) is 1.13. The lowest BCUT2D eigenvalue weighted by molar-refractivity contribution is 0.0595. The van der Waals surface area contributed by atoms with E-state index in [0.29, 0.717) is 0 Å². The van der Waals surface area contributed by atoms with Gasteiger partial charge in [-0.15, -0.1) is 0 Å². The van der Waals surface area contributed by atoms with Crippen LogP contribution in [-0.4, -0.2) is 13.1 Å². The van der Waals surface area contributed by atoms with Crippen LogP contribution in [0.25, 0.3) is 0 Å². The predicted molar refractivity (Wildman–Crippen MR) is 46.9 cm³/mol. The molecule has 1 rings (SSSR count). The van der Waals surface area contributed by atoms with E-state index in [2.05, 4.69) is 4.74 Å². The maximum Gasteiger partial charge on any atom is 0.340 e. The highest BCUT2D eigenvalue weighted by Gasteiger charge is 2.14. The number of nitrogen functional groups attached to an aromatic ring is 1. The number of hydrogen-bond acceptors (Lipinski definition) is 4. The van der Waals surface area contributed by atoms with E-state index in [1.54, 1.807) is 6.07 Å². The summed E-state index contributed by atoms with van der Waals surface area (Å²) in [4.78, 5) is 11.0. The largest absolute Gasteiger partial charge is 0.465 e. The molecule has 1 aromatic rings. The SMILES string of the molecule is COC(=O)c1cc(C#N)c(N)cc1F. The number of benzene rings is 1. The second kappa shape index (κ2) is 3.75. The zero-order valence-corrected chi connectivity index (χ0v) is 7.37. The first-order valence-electron chi connectivity index (χ1n) is 3.67. The normalized spacial score (nSPS) is 9.21. The van der Waals surface area contributed by atoms with Gasteiger partial charge in [0.1, 0.15) is 11.9 Å². The summed E-state index contributed by atoms with van der Waals surface area (Å²) in [6, 6.07) is 3.73. The average molecular weight is 194 g/mol. The fourth-order valence-electron chi connectivity index (χ4n) is 0.952. The van der Waals surface area contributed by atoms with Gasteiger partial charge in [0, 0.05) is 0 Å². The van der Waals surface area contributed by atoms with Gasteiger partial charge in [-0.2, -0.15) is 5.26 Å². The van der Waals surface area contributed by atoms with E-state index in [0.717, 1.165) is 19.2 Å². The highest BCUT2D eigenvalue weighted by atomic mass is 19.1. The summed E-state index contributed by atoms with van der Waals surface area (Å²) in [5, 5.41) is 8.58. The Bertz CT molecular complexity index is 424. The molecule has 0 fully saturated rings. The molecule has 0 saturated heterocycles. The minimum atomic E-state index is -0.834. The highest BCUT2D eigenvalue weighted by molar-refractivity contribution is 5.90. The smallest absolute Gasteiger partial charge is 0.340 e. The van der Waals surface area contributed by atoms with E-state index in [1.165, 1.54) is 0 Å². The van der Waals surface area contributed by atoms with Crippen LogP contribution in [0.1, 0.15) is 15.9 Å². The summed E-state index contributed by atoms with van der Waals surface area (Å²) in [6.45, 7) is 0. The zero-order chi connectivity index (χ0) is 10.7. The second-order valence-electron chi connectivity index (χ2n) is 2.52. The van der Waals surface area contributed by atoms with Gasteiger partial charge < -0.3 is 10.5 Å². The Balaban J connectivity index is 3.33. The Hall–Kier alpha value is -2.09. The molecule has 72 valence electrons. The predicted octanol–water partition coefficient (Wildman–Crippen LogP) is 1.07. The van der Waals surface area contributed by atoms with Crippen molar-refractivity contribution < 1.29 is 13.9 Å². The van der Waals surface area contributed by atoms with Crippen LogP contribution in [0.15, 0.2) is 12.1 Å². The molecule has 0 aromatic heterocycles. The van der Waals surface area contributed by atoms with Gasteiger partial charge in [-0.05, 0) is 12.1 Å². The monoisotopic (exact) mass is 194 g/mol. The molecule has 0 atom stereocenters. The van der Waals surface area contributed by atoms with Gasteiger partial charge in [0.25, 0.3) is 0 Å². The van der Waals surface area contributed by atoms with Crippen molar-refractivity contribution in [2.45, 2.75) is 0 Å². The number of rotatable bonds is 1. The van der Waals surface area contributed by atoms with Crippen LogP contribution < -0.4 is 5.73 Å². The number of methoxy groups -OCH3 is 1. The standard InChI is InChI=1S/C9H7FN2O2/c1-14-9(13)6-2-5(4-11)8(12)3-7(6)10/h2-3H,12H2,1H3. The van der Waals surface area contributed by atoms with E-state index in [-0.39, 0.29) is 16.8 Å². The Morgan fingerprint density at radius 1 is 1.64 bits per heavy atom. The minimum absolute atomic E-state index is 0.00217. The molecule has 0 bridgehead atoms. The molecule has 0 aliphatic heterocycles. The van der Waals surface area contributed by atoms with E-state index in [4.69, 9.17) is 11.0 Å². The number of hydrogen-bond donors (Lipinski definition) is 1. The van der Waals surface area contributed by atoms with Crippen molar-refractivity contribution >= 4 is 11.7 Å². The average Bonchev–Trinajstić information content (AvgIpc) is 2.17. The number of anilines is 1. The van der Waals surface area contributed by atoms with Gasteiger partial charge >= 0.3 is 5.97 Å². The molecule has 0 radical (unpaired) electrons. The van der Waals surface area contributed by atoms with Crippen LogP contribution in [-0.2, 0) is 4.74 Å². The molecule has 0 unspecified atom stereocenters. The molecule has 4 nitrogen and oxygen atoms in total. The molecule has 0 heterocycles. The Labute approximate surface area is 79.7 Å². The van der Waals surface area contributed by atoms with Crippen molar-refractivity contribution in [1.29, 1.82) is 5.26 Å². The van der Waals surface area contributed by atoms with Crippen LogP contribution in [0.3, 0.4) is 0 Å². The van der Waals surface area contributed by atoms with Gasteiger partial charge in [-0.3, -0.25) is 0 Å². The van der Waals surface area contributed by atoms with E-state index < -0.39 is 11.8 Å². The molecule has 2 N–H and O–H groups in total. The highest BCUT2D eigenvalue weighted by Crippen LogP contribution is 2.17. The fourth-order valence-corrected chi connectivity index (χ4v) is 0.952. The van der Waals surface area contributed by atoms with Crippen LogP contribution in [0.4, 0.5) is 10.1 Å². The summed E-state index contributed by atoms with van der Waals surface area (Å²) in [5.41, 5.74) is 5.08. The summed E-state index contributed by atoms with van der Waals surface area (Å²) in [6.07, 6.45) is 0. The molecule has 0 aliphatic rings. The van der Waals surface area contributed by atoms with E-state index in [9.17, 15) is 9.18 Å². The van der Waals surface area contributed by atoms with Crippen molar-refractivity contribution in [2.24, 2.45) is 0 Å². The van der Waals surface area contributed by atoms with Gasteiger partial charge in [-0.1, -0.05) is 0 Å². The number of carbonyl (C=O) groups is 1.